The fraction of sp³-hybridized carbons (Fsp3) is 0.538. The molecule has 1 saturated heterocycles. The minimum atomic E-state index is -0.171. The summed E-state index contributed by atoms with van der Waals surface area (Å²) < 4.78 is 12.8. The molecular weight excluding hydrogens is 203 g/mol. The largest absolute Gasteiger partial charge is 0.371 e. The molecule has 1 aromatic rings. The van der Waals surface area contributed by atoms with Crippen molar-refractivity contribution in [2.45, 2.75) is 19.4 Å². The molecule has 0 unspecified atom stereocenters. The van der Waals surface area contributed by atoms with E-state index in [1.807, 2.05) is 12.1 Å². The molecule has 1 aliphatic rings. The molecule has 1 aromatic carbocycles. The molecule has 0 radical (unpaired) electrons. The number of hydrogen-bond acceptors (Lipinski definition) is 2. The molecule has 0 aromatic heterocycles. The fourth-order valence-corrected chi connectivity index (χ4v) is 2.44. The van der Waals surface area contributed by atoms with Gasteiger partial charge in [0.05, 0.1) is 0 Å². The Kier molecular flexibility index (Phi) is 3.44. The quantitative estimate of drug-likeness (QED) is 0.825. The summed E-state index contributed by atoms with van der Waals surface area (Å²) in [6.45, 7) is 4.40. The first-order valence-corrected chi connectivity index (χ1v) is 5.87. The molecule has 1 N–H and O–H groups in total. The molecule has 2 atom stereocenters. The van der Waals surface area contributed by atoms with E-state index in [0.29, 0.717) is 12.0 Å². The Morgan fingerprint density at radius 3 is 2.62 bits per heavy atom. The summed E-state index contributed by atoms with van der Waals surface area (Å²) in [4.78, 5) is 2.27. The van der Waals surface area contributed by atoms with Gasteiger partial charge in [-0.1, -0.05) is 6.92 Å². The number of nitrogens with one attached hydrogen (secondary N) is 1. The van der Waals surface area contributed by atoms with Gasteiger partial charge < -0.3 is 10.2 Å². The van der Waals surface area contributed by atoms with Gasteiger partial charge in [0.25, 0.3) is 0 Å². The van der Waals surface area contributed by atoms with Crippen LogP contribution in [0.25, 0.3) is 0 Å². The van der Waals surface area contributed by atoms with Gasteiger partial charge in [-0.05, 0) is 49.7 Å². The van der Waals surface area contributed by atoms with E-state index in [-0.39, 0.29) is 5.82 Å². The Bertz CT molecular complexity index is 336. The average molecular weight is 222 g/mol. The van der Waals surface area contributed by atoms with E-state index in [9.17, 15) is 4.39 Å². The lowest BCUT2D eigenvalue weighted by molar-refractivity contribution is 0.339. The van der Waals surface area contributed by atoms with Crippen LogP contribution in [0.5, 0.6) is 0 Å². The van der Waals surface area contributed by atoms with Gasteiger partial charge in [-0.2, -0.15) is 0 Å². The van der Waals surface area contributed by atoms with Gasteiger partial charge in [-0.25, -0.2) is 4.39 Å². The van der Waals surface area contributed by atoms with E-state index >= 15 is 0 Å². The van der Waals surface area contributed by atoms with Crippen LogP contribution in [-0.2, 0) is 0 Å². The molecule has 0 aliphatic carbocycles. The van der Waals surface area contributed by atoms with Crippen LogP contribution in [0.15, 0.2) is 24.3 Å². The Labute approximate surface area is 96.5 Å². The van der Waals surface area contributed by atoms with Crippen molar-refractivity contribution in [1.82, 2.24) is 5.32 Å². The second kappa shape index (κ2) is 4.83. The topological polar surface area (TPSA) is 15.3 Å². The van der Waals surface area contributed by atoms with Crippen LogP contribution in [0.4, 0.5) is 10.1 Å². The van der Waals surface area contributed by atoms with Crippen molar-refractivity contribution in [3.05, 3.63) is 30.1 Å². The number of benzene rings is 1. The smallest absolute Gasteiger partial charge is 0.123 e. The molecule has 0 bridgehead atoms. The summed E-state index contributed by atoms with van der Waals surface area (Å²) in [5.74, 6) is 0.458. The Hall–Kier alpha value is -1.09. The summed E-state index contributed by atoms with van der Waals surface area (Å²) in [6, 6.07) is 7.30. The van der Waals surface area contributed by atoms with Gasteiger partial charge in [0.15, 0.2) is 0 Å². The first kappa shape index (κ1) is 11.4. The highest BCUT2D eigenvalue weighted by Crippen LogP contribution is 2.23. The van der Waals surface area contributed by atoms with Crippen molar-refractivity contribution in [2.24, 2.45) is 5.92 Å². The number of nitrogens with zero attached hydrogens (tertiary/aromatic N) is 1. The predicted molar refractivity (Wildman–Crippen MR) is 65.2 cm³/mol. The maximum atomic E-state index is 12.8. The molecule has 3 heteroatoms. The summed E-state index contributed by atoms with van der Waals surface area (Å²) >= 11 is 0. The molecular formula is C13H19FN2. The fourth-order valence-electron chi connectivity index (χ4n) is 2.44. The Balaban J connectivity index is 2.11. The highest BCUT2D eigenvalue weighted by Gasteiger charge is 2.24. The van der Waals surface area contributed by atoms with Crippen LogP contribution < -0.4 is 10.2 Å². The second-order valence-corrected chi connectivity index (χ2v) is 4.62. The minimum absolute atomic E-state index is 0.171. The van der Waals surface area contributed by atoms with E-state index in [0.717, 1.165) is 25.2 Å². The highest BCUT2D eigenvalue weighted by atomic mass is 19.1. The molecule has 0 amide bonds. The maximum absolute atomic E-state index is 12.8. The molecule has 0 saturated carbocycles. The van der Waals surface area contributed by atoms with Crippen LogP contribution in [0.1, 0.15) is 13.3 Å². The second-order valence-electron chi connectivity index (χ2n) is 4.62. The monoisotopic (exact) mass is 222 g/mol. The lowest BCUT2D eigenvalue weighted by Crippen LogP contribution is -2.47. The maximum Gasteiger partial charge on any atom is 0.123 e. The van der Waals surface area contributed by atoms with Crippen LogP contribution in [0.2, 0.25) is 0 Å². The van der Waals surface area contributed by atoms with Gasteiger partial charge in [-0.3, -0.25) is 0 Å². The van der Waals surface area contributed by atoms with E-state index in [1.54, 1.807) is 0 Å². The number of halogens is 1. The first-order valence-electron chi connectivity index (χ1n) is 5.87. The molecule has 1 aliphatic heterocycles. The molecule has 1 fully saturated rings. The number of rotatable bonds is 2. The van der Waals surface area contributed by atoms with Crippen molar-refractivity contribution >= 4 is 5.69 Å². The molecule has 2 nitrogen and oxygen atoms in total. The lowest BCUT2D eigenvalue weighted by Gasteiger charge is -2.38. The van der Waals surface area contributed by atoms with Crippen LogP contribution in [-0.4, -0.2) is 26.2 Å². The molecule has 16 heavy (non-hydrogen) atoms. The summed E-state index contributed by atoms with van der Waals surface area (Å²) in [7, 11) is 2.10. The van der Waals surface area contributed by atoms with Gasteiger partial charge in [0.1, 0.15) is 5.82 Å². The number of piperidine rings is 1. The standard InChI is InChI=1S/C13H19FN2/c1-10-9-15-8-7-13(10)16(2)12-5-3-11(14)4-6-12/h3-6,10,13,15H,7-9H2,1-2H3/t10-,13+/m0/s1. The van der Waals surface area contributed by atoms with Crippen molar-refractivity contribution in [2.75, 3.05) is 25.0 Å². The van der Waals surface area contributed by atoms with Crippen molar-refractivity contribution < 1.29 is 4.39 Å². The zero-order chi connectivity index (χ0) is 11.5. The summed E-state index contributed by atoms with van der Waals surface area (Å²) in [6.07, 6.45) is 1.15. The first-order chi connectivity index (χ1) is 7.68. The van der Waals surface area contributed by atoms with E-state index in [1.165, 1.54) is 12.1 Å². The number of anilines is 1. The molecule has 2 rings (SSSR count). The third-order valence-corrected chi connectivity index (χ3v) is 3.47. The van der Waals surface area contributed by atoms with E-state index in [4.69, 9.17) is 0 Å². The van der Waals surface area contributed by atoms with Crippen LogP contribution in [0.3, 0.4) is 0 Å². The zero-order valence-corrected chi connectivity index (χ0v) is 9.91. The predicted octanol–water partition coefficient (Wildman–Crippen LogP) is 2.26. The van der Waals surface area contributed by atoms with Crippen molar-refractivity contribution in [3.8, 4) is 0 Å². The molecule has 1 heterocycles. The van der Waals surface area contributed by atoms with Gasteiger partial charge in [-0.15, -0.1) is 0 Å². The van der Waals surface area contributed by atoms with E-state index in [2.05, 4.69) is 24.2 Å². The van der Waals surface area contributed by atoms with Gasteiger partial charge in [0, 0.05) is 18.8 Å². The summed E-state index contributed by atoms with van der Waals surface area (Å²) in [5.41, 5.74) is 1.10. The Morgan fingerprint density at radius 2 is 2.00 bits per heavy atom. The third kappa shape index (κ3) is 2.35. The summed E-state index contributed by atoms with van der Waals surface area (Å²) in [5, 5.41) is 3.39. The van der Waals surface area contributed by atoms with E-state index < -0.39 is 0 Å². The van der Waals surface area contributed by atoms with Gasteiger partial charge >= 0.3 is 0 Å². The molecule has 0 spiro atoms. The average Bonchev–Trinajstić information content (AvgIpc) is 2.30. The van der Waals surface area contributed by atoms with Gasteiger partial charge in [0.2, 0.25) is 0 Å². The Morgan fingerprint density at radius 1 is 1.31 bits per heavy atom. The SMILES string of the molecule is C[C@H]1CNCC[C@H]1N(C)c1ccc(F)cc1. The normalized spacial score (nSPS) is 25.4. The highest BCUT2D eigenvalue weighted by molar-refractivity contribution is 5.46. The minimum Gasteiger partial charge on any atom is -0.371 e. The van der Waals surface area contributed by atoms with Crippen LogP contribution >= 0.6 is 0 Å². The van der Waals surface area contributed by atoms with Crippen molar-refractivity contribution in [1.29, 1.82) is 0 Å². The lowest BCUT2D eigenvalue weighted by atomic mass is 9.93. The zero-order valence-electron chi connectivity index (χ0n) is 9.91. The third-order valence-electron chi connectivity index (χ3n) is 3.47. The molecule has 88 valence electrons. The van der Waals surface area contributed by atoms with Crippen molar-refractivity contribution in [3.63, 3.8) is 0 Å². The van der Waals surface area contributed by atoms with Crippen LogP contribution in [0, 0.1) is 11.7 Å². The number of hydrogen-bond donors (Lipinski definition) is 1.